The second-order valence-corrected chi connectivity index (χ2v) is 5.32. The van der Waals surface area contributed by atoms with Crippen molar-refractivity contribution in [2.75, 3.05) is 19.7 Å². The predicted octanol–water partition coefficient (Wildman–Crippen LogP) is 1.54. The van der Waals surface area contributed by atoms with Crippen molar-refractivity contribution in [3.05, 3.63) is 35.3 Å². The smallest absolute Gasteiger partial charge is 0.334 e. The van der Waals surface area contributed by atoms with E-state index in [9.17, 15) is 14.0 Å². The van der Waals surface area contributed by atoms with Gasteiger partial charge in [-0.25, -0.2) is 9.18 Å². The van der Waals surface area contributed by atoms with E-state index in [1.54, 1.807) is 13.0 Å². The Morgan fingerprint density at radius 3 is 2.91 bits per heavy atom. The fraction of sp³-hybridized carbons (Fsp3) is 0.333. The number of fused-ring (bicyclic) bond motifs is 1. The van der Waals surface area contributed by atoms with Crippen molar-refractivity contribution >= 4 is 22.8 Å². The molecule has 0 bridgehead atoms. The topological polar surface area (TPSA) is 82.6 Å². The molecule has 2 aromatic rings. The number of carboxylic acids is 1. The highest BCUT2D eigenvalue weighted by molar-refractivity contribution is 5.99. The monoisotopic (exact) mass is 306 g/mol. The third kappa shape index (κ3) is 2.55. The normalized spacial score (nSPS) is 18.6. The van der Waals surface area contributed by atoms with Crippen LogP contribution >= 0.6 is 0 Å². The zero-order valence-electron chi connectivity index (χ0n) is 11.9. The number of hydrogen-bond acceptors (Lipinski definition) is 3. The highest BCUT2D eigenvalue weighted by atomic mass is 19.1. The molecule has 0 aliphatic carbocycles. The van der Waals surface area contributed by atoms with E-state index in [4.69, 9.17) is 9.84 Å². The number of hydrogen-bond donors (Lipinski definition) is 2. The van der Waals surface area contributed by atoms with Gasteiger partial charge >= 0.3 is 5.97 Å². The van der Waals surface area contributed by atoms with Gasteiger partial charge in [0.25, 0.3) is 5.91 Å². The van der Waals surface area contributed by atoms with Gasteiger partial charge in [0.1, 0.15) is 11.5 Å². The molecule has 22 heavy (non-hydrogen) atoms. The Labute approximate surface area is 125 Å². The first-order chi connectivity index (χ1) is 10.5. The third-order valence-electron chi connectivity index (χ3n) is 3.77. The number of amides is 1. The number of nitrogens with one attached hydrogen (secondary N) is 1. The second kappa shape index (κ2) is 5.42. The maximum atomic E-state index is 13.4. The molecule has 1 amide bonds. The molecule has 1 aromatic carbocycles. The molecule has 0 radical (unpaired) electrons. The molecular weight excluding hydrogens is 291 g/mol. The number of halogens is 1. The number of H-pyrrole nitrogens is 1. The minimum absolute atomic E-state index is 0.00310. The van der Waals surface area contributed by atoms with Gasteiger partial charge in [0.15, 0.2) is 6.10 Å². The summed E-state index contributed by atoms with van der Waals surface area (Å²) < 4.78 is 18.5. The van der Waals surface area contributed by atoms with E-state index in [0.29, 0.717) is 17.8 Å². The standard InChI is InChI=1S/C15H15FN2O4/c1-8-4-9(16)5-11-10(8)6-12(17-11)14(19)18-2-3-22-13(7-18)15(20)21/h4-6,13,17H,2-3,7H2,1H3,(H,20,21). The van der Waals surface area contributed by atoms with Crippen molar-refractivity contribution in [2.24, 2.45) is 0 Å². The highest BCUT2D eigenvalue weighted by Gasteiger charge is 2.30. The number of aliphatic carboxylic acids is 1. The van der Waals surface area contributed by atoms with Crippen LogP contribution in [0, 0.1) is 12.7 Å². The summed E-state index contributed by atoms with van der Waals surface area (Å²) in [5.74, 6) is -1.78. The van der Waals surface area contributed by atoms with Gasteiger partial charge in [-0.3, -0.25) is 4.79 Å². The van der Waals surface area contributed by atoms with Gasteiger partial charge < -0.3 is 19.7 Å². The van der Waals surface area contributed by atoms with Crippen LogP contribution in [0.25, 0.3) is 10.9 Å². The van der Waals surface area contributed by atoms with Crippen LogP contribution in [0.5, 0.6) is 0 Å². The minimum Gasteiger partial charge on any atom is -0.479 e. The van der Waals surface area contributed by atoms with Crippen molar-refractivity contribution < 1.29 is 23.8 Å². The lowest BCUT2D eigenvalue weighted by Crippen LogP contribution is -2.48. The SMILES string of the molecule is Cc1cc(F)cc2[nH]c(C(=O)N3CCOC(C(=O)O)C3)cc12. The predicted molar refractivity (Wildman–Crippen MR) is 76.3 cm³/mol. The molecule has 1 saturated heterocycles. The van der Waals surface area contributed by atoms with Crippen molar-refractivity contribution in [1.29, 1.82) is 0 Å². The largest absolute Gasteiger partial charge is 0.479 e. The second-order valence-electron chi connectivity index (χ2n) is 5.32. The molecule has 116 valence electrons. The molecule has 1 aromatic heterocycles. The Kier molecular flexibility index (Phi) is 3.58. The lowest BCUT2D eigenvalue weighted by atomic mass is 10.1. The van der Waals surface area contributed by atoms with Crippen LogP contribution < -0.4 is 0 Å². The van der Waals surface area contributed by atoms with E-state index in [1.165, 1.54) is 17.0 Å². The summed E-state index contributed by atoms with van der Waals surface area (Å²) in [6.07, 6.45) is -1.01. The summed E-state index contributed by atoms with van der Waals surface area (Å²) in [5, 5.41) is 9.75. The van der Waals surface area contributed by atoms with Gasteiger partial charge in [0.05, 0.1) is 13.2 Å². The fourth-order valence-corrected chi connectivity index (χ4v) is 2.64. The summed E-state index contributed by atoms with van der Waals surface area (Å²) in [6, 6.07) is 4.40. The zero-order valence-corrected chi connectivity index (χ0v) is 11.9. The number of aromatic nitrogens is 1. The molecule has 1 aliphatic heterocycles. The van der Waals surface area contributed by atoms with Crippen molar-refractivity contribution in [3.8, 4) is 0 Å². The Balaban J connectivity index is 1.89. The number of aromatic amines is 1. The van der Waals surface area contributed by atoms with E-state index in [0.717, 1.165) is 10.9 Å². The van der Waals surface area contributed by atoms with Crippen molar-refractivity contribution in [2.45, 2.75) is 13.0 Å². The quantitative estimate of drug-likeness (QED) is 0.881. The first-order valence-electron chi connectivity index (χ1n) is 6.88. The highest BCUT2D eigenvalue weighted by Crippen LogP contribution is 2.22. The molecule has 3 rings (SSSR count). The Hall–Kier alpha value is -2.41. The summed E-state index contributed by atoms with van der Waals surface area (Å²) in [6.45, 7) is 2.27. The van der Waals surface area contributed by atoms with Gasteiger partial charge in [0, 0.05) is 17.4 Å². The van der Waals surface area contributed by atoms with E-state index >= 15 is 0 Å². The van der Waals surface area contributed by atoms with Crippen molar-refractivity contribution in [3.63, 3.8) is 0 Å². The number of benzene rings is 1. The van der Waals surface area contributed by atoms with Gasteiger partial charge in [-0.05, 0) is 30.7 Å². The van der Waals surface area contributed by atoms with Crippen molar-refractivity contribution in [1.82, 2.24) is 9.88 Å². The molecule has 1 aliphatic rings. The number of aryl methyl sites for hydroxylation is 1. The van der Waals surface area contributed by atoms with Crippen LogP contribution in [0.4, 0.5) is 4.39 Å². The number of carbonyl (C=O) groups is 2. The average Bonchev–Trinajstić information content (AvgIpc) is 2.90. The lowest BCUT2D eigenvalue weighted by Gasteiger charge is -2.30. The Morgan fingerprint density at radius 2 is 2.18 bits per heavy atom. The Bertz CT molecular complexity index is 755. The van der Waals surface area contributed by atoms with E-state index in [-0.39, 0.29) is 24.9 Å². The maximum Gasteiger partial charge on any atom is 0.334 e. The molecule has 1 atom stereocenters. The van der Waals surface area contributed by atoms with Gasteiger partial charge in [-0.2, -0.15) is 0 Å². The number of ether oxygens (including phenoxy) is 1. The Morgan fingerprint density at radius 1 is 1.41 bits per heavy atom. The molecule has 0 spiro atoms. The minimum atomic E-state index is -1.09. The van der Waals surface area contributed by atoms with Gasteiger partial charge in [-0.15, -0.1) is 0 Å². The molecule has 1 fully saturated rings. The van der Waals surface area contributed by atoms with E-state index in [2.05, 4.69) is 4.98 Å². The summed E-state index contributed by atoms with van der Waals surface area (Å²) in [4.78, 5) is 27.8. The first-order valence-corrected chi connectivity index (χ1v) is 6.88. The first kappa shape index (κ1) is 14.5. The average molecular weight is 306 g/mol. The maximum absolute atomic E-state index is 13.4. The van der Waals surface area contributed by atoms with Crippen LogP contribution in [-0.4, -0.2) is 52.7 Å². The zero-order chi connectivity index (χ0) is 15.9. The molecule has 0 saturated carbocycles. The van der Waals surface area contributed by atoms with Crippen LogP contribution in [0.3, 0.4) is 0 Å². The third-order valence-corrected chi connectivity index (χ3v) is 3.77. The van der Waals surface area contributed by atoms with E-state index < -0.39 is 12.1 Å². The molecule has 2 heterocycles. The van der Waals surface area contributed by atoms with Crippen LogP contribution in [-0.2, 0) is 9.53 Å². The summed E-state index contributed by atoms with van der Waals surface area (Å²) >= 11 is 0. The van der Waals surface area contributed by atoms with E-state index in [1.807, 2.05) is 0 Å². The fourth-order valence-electron chi connectivity index (χ4n) is 2.64. The van der Waals surface area contributed by atoms with Crippen LogP contribution in [0.15, 0.2) is 18.2 Å². The molecule has 7 heteroatoms. The molecule has 6 nitrogen and oxygen atoms in total. The van der Waals surface area contributed by atoms with Gasteiger partial charge in [-0.1, -0.05) is 0 Å². The molecular formula is C15H15FN2O4. The van der Waals surface area contributed by atoms with Crippen LogP contribution in [0.2, 0.25) is 0 Å². The number of morpholine rings is 1. The number of nitrogens with zero attached hydrogens (tertiary/aromatic N) is 1. The number of rotatable bonds is 2. The number of carbonyl (C=O) groups excluding carboxylic acids is 1. The van der Waals surface area contributed by atoms with Crippen LogP contribution in [0.1, 0.15) is 16.1 Å². The molecule has 1 unspecified atom stereocenters. The number of carboxylic acid groups (broad SMARTS) is 1. The molecule has 2 N–H and O–H groups in total. The summed E-state index contributed by atoms with van der Waals surface area (Å²) in [5.41, 5.74) is 1.59. The summed E-state index contributed by atoms with van der Waals surface area (Å²) in [7, 11) is 0. The van der Waals surface area contributed by atoms with Gasteiger partial charge in [0.2, 0.25) is 0 Å². The lowest BCUT2D eigenvalue weighted by molar-refractivity contribution is -0.154.